The lowest BCUT2D eigenvalue weighted by Crippen LogP contribution is -2.39. The number of fused-ring (bicyclic) bond motifs is 1. The molecule has 0 saturated carbocycles. The minimum Gasteiger partial charge on any atom is -0.355 e. The van der Waals surface area contributed by atoms with Crippen LogP contribution in [0.5, 0.6) is 0 Å². The highest BCUT2D eigenvalue weighted by Gasteiger charge is 2.32. The van der Waals surface area contributed by atoms with Crippen molar-refractivity contribution in [2.24, 2.45) is 5.73 Å². The summed E-state index contributed by atoms with van der Waals surface area (Å²) in [7, 11) is 0. The summed E-state index contributed by atoms with van der Waals surface area (Å²) < 4.78 is 1.80. The molecule has 0 aliphatic carbocycles. The molecule has 2 saturated heterocycles. The number of rotatable bonds is 5. The smallest absolute Gasteiger partial charge is 0.256 e. The summed E-state index contributed by atoms with van der Waals surface area (Å²) in [5.74, 6) is 0.452. The van der Waals surface area contributed by atoms with Crippen LogP contribution in [0.15, 0.2) is 60.8 Å². The number of benzene rings is 2. The van der Waals surface area contributed by atoms with E-state index in [1.165, 1.54) is 0 Å². The van der Waals surface area contributed by atoms with Crippen molar-refractivity contribution in [3.8, 4) is 0 Å². The van der Waals surface area contributed by atoms with Gasteiger partial charge >= 0.3 is 0 Å². The van der Waals surface area contributed by atoms with Crippen LogP contribution >= 0.6 is 11.6 Å². The first-order chi connectivity index (χ1) is 19.4. The second-order valence-corrected chi connectivity index (χ2v) is 11.1. The number of carbonyl (C=O) groups is 2. The number of hydrogen-bond donors (Lipinski definition) is 2. The van der Waals surface area contributed by atoms with Crippen LogP contribution in [0.3, 0.4) is 0 Å². The Hall–Kier alpha value is -3.95. The fourth-order valence-electron chi connectivity index (χ4n) is 5.71. The van der Waals surface area contributed by atoms with E-state index in [2.05, 4.69) is 10.2 Å². The minimum atomic E-state index is -0.288. The molecule has 4 heterocycles. The van der Waals surface area contributed by atoms with E-state index >= 15 is 0 Å². The molecule has 2 aromatic carbocycles. The third-order valence-electron chi connectivity index (χ3n) is 7.75. The standard InChI is InChI=1S/C30H32ClN7O2/c1-19-17-38-27(34-28(19)36-14-12-22(32)18-36)16-25(35-38)26-9-5-6-13-37(26)30(40)23-15-21(31)10-11-24(23)33-29(39)20-7-3-2-4-8-20/h2-4,7-8,10-11,15-17,22,26H,5-6,9,12-14,18,32H2,1H3,(H,33,39). The van der Waals surface area contributed by atoms with Gasteiger partial charge in [0.2, 0.25) is 0 Å². The van der Waals surface area contributed by atoms with Crippen LogP contribution in [0.4, 0.5) is 11.5 Å². The van der Waals surface area contributed by atoms with Gasteiger partial charge in [-0.25, -0.2) is 9.50 Å². The fourth-order valence-corrected chi connectivity index (χ4v) is 5.88. The van der Waals surface area contributed by atoms with E-state index in [0.717, 1.165) is 61.5 Å². The molecule has 40 heavy (non-hydrogen) atoms. The van der Waals surface area contributed by atoms with Gasteiger partial charge in [0.25, 0.3) is 11.8 Å². The number of nitrogens with zero attached hydrogens (tertiary/aromatic N) is 5. The fraction of sp³-hybridized carbons (Fsp3) is 0.333. The molecule has 10 heteroatoms. The van der Waals surface area contributed by atoms with E-state index in [1.807, 2.05) is 30.2 Å². The summed E-state index contributed by atoms with van der Waals surface area (Å²) in [5.41, 5.74) is 10.0. The Morgan fingerprint density at radius 1 is 1.05 bits per heavy atom. The number of likely N-dealkylation sites (tertiary alicyclic amines) is 1. The van der Waals surface area contributed by atoms with Crippen molar-refractivity contribution in [1.82, 2.24) is 19.5 Å². The van der Waals surface area contributed by atoms with Crippen LogP contribution in [0.1, 0.15) is 63.7 Å². The molecule has 2 aliphatic rings. The maximum atomic E-state index is 14.0. The average Bonchev–Trinajstić information content (AvgIpc) is 3.59. The summed E-state index contributed by atoms with van der Waals surface area (Å²) in [5, 5.41) is 8.19. The molecule has 206 valence electrons. The second-order valence-electron chi connectivity index (χ2n) is 10.6. The van der Waals surface area contributed by atoms with Crippen LogP contribution in [0.25, 0.3) is 5.65 Å². The van der Waals surface area contributed by atoms with Crippen molar-refractivity contribution in [2.45, 2.75) is 44.7 Å². The first kappa shape index (κ1) is 26.3. The van der Waals surface area contributed by atoms with Gasteiger partial charge in [-0.1, -0.05) is 29.8 Å². The van der Waals surface area contributed by atoms with E-state index in [0.29, 0.717) is 28.4 Å². The van der Waals surface area contributed by atoms with Crippen molar-refractivity contribution in [3.63, 3.8) is 0 Å². The SMILES string of the molecule is Cc1cn2nc(C3CCCCN3C(=O)c3cc(Cl)ccc3NC(=O)c3ccccc3)cc2nc1N1CCC(N)C1. The molecule has 2 aliphatic heterocycles. The number of carbonyl (C=O) groups excluding carboxylic acids is 2. The molecule has 0 bridgehead atoms. The van der Waals surface area contributed by atoms with E-state index in [4.69, 9.17) is 27.4 Å². The van der Waals surface area contributed by atoms with Crippen molar-refractivity contribution in [1.29, 1.82) is 0 Å². The Morgan fingerprint density at radius 2 is 1.88 bits per heavy atom. The van der Waals surface area contributed by atoms with Crippen LogP contribution in [0, 0.1) is 6.92 Å². The highest BCUT2D eigenvalue weighted by atomic mass is 35.5. The van der Waals surface area contributed by atoms with Gasteiger partial charge in [-0.15, -0.1) is 0 Å². The largest absolute Gasteiger partial charge is 0.355 e. The molecular formula is C30H32ClN7O2. The third kappa shape index (κ3) is 5.14. The summed E-state index contributed by atoms with van der Waals surface area (Å²) in [6.45, 7) is 4.30. The summed E-state index contributed by atoms with van der Waals surface area (Å²) >= 11 is 6.33. The number of hydrogen-bond acceptors (Lipinski definition) is 6. The molecule has 9 nitrogen and oxygen atoms in total. The lowest BCUT2D eigenvalue weighted by Gasteiger charge is -2.35. The number of aromatic nitrogens is 3. The number of amides is 2. The van der Waals surface area contributed by atoms with Gasteiger partial charge < -0.3 is 20.9 Å². The number of nitrogens with two attached hydrogens (primary N) is 1. The topological polar surface area (TPSA) is 109 Å². The lowest BCUT2D eigenvalue weighted by molar-refractivity contribution is 0.0607. The van der Waals surface area contributed by atoms with E-state index in [-0.39, 0.29) is 23.9 Å². The van der Waals surface area contributed by atoms with Crippen LogP contribution in [-0.2, 0) is 0 Å². The molecule has 0 spiro atoms. The Morgan fingerprint density at radius 3 is 2.65 bits per heavy atom. The first-order valence-corrected chi connectivity index (χ1v) is 14.1. The Bertz CT molecular complexity index is 1570. The molecule has 2 fully saturated rings. The average molecular weight is 558 g/mol. The number of piperidine rings is 1. The molecule has 2 aromatic heterocycles. The molecular weight excluding hydrogens is 526 g/mol. The van der Waals surface area contributed by atoms with Gasteiger partial charge in [-0.3, -0.25) is 9.59 Å². The number of aryl methyl sites for hydroxylation is 1. The van der Waals surface area contributed by atoms with Crippen molar-refractivity contribution < 1.29 is 9.59 Å². The Labute approximate surface area is 237 Å². The van der Waals surface area contributed by atoms with E-state index in [1.54, 1.807) is 47.0 Å². The van der Waals surface area contributed by atoms with Gasteiger partial charge in [-0.2, -0.15) is 5.10 Å². The van der Waals surface area contributed by atoms with Crippen molar-refractivity contribution >= 4 is 40.6 Å². The maximum Gasteiger partial charge on any atom is 0.256 e. The summed E-state index contributed by atoms with van der Waals surface area (Å²) in [6.07, 6.45) is 5.60. The van der Waals surface area contributed by atoms with E-state index in [9.17, 15) is 9.59 Å². The van der Waals surface area contributed by atoms with Gasteiger partial charge in [0.15, 0.2) is 5.65 Å². The molecule has 2 atom stereocenters. The van der Waals surface area contributed by atoms with Gasteiger partial charge in [0.05, 0.1) is 23.0 Å². The highest BCUT2D eigenvalue weighted by molar-refractivity contribution is 6.31. The third-order valence-corrected chi connectivity index (χ3v) is 7.98. The normalized spacial score (nSPS) is 19.3. The zero-order valence-electron chi connectivity index (χ0n) is 22.4. The predicted molar refractivity (Wildman–Crippen MR) is 156 cm³/mol. The van der Waals surface area contributed by atoms with Gasteiger partial charge in [-0.05, 0) is 62.9 Å². The minimum absolute atomic E-state index is 0.161. The monoisotopic (exact) mass is 557 g/mol. The number of anilines is 2. The predicted octanol–water partition coefficient (Wildman–Crippen LogP) is 4.85. The summed E-state index contributed by atoms with van der Waals surface area (Å²) in [4.78, 5) is 36.0. The highest BCUT2D eigenvalue weighted by Crippen LogP contribution is 2.34. The Kier molecular flexibility index (Phi) is 7.16. The first-order valence-electron chi connectivity index (χ1n) is 13.7. The van der Waals surface area contributed by atoms with E-state index < -0.39 is 0 Å². The van der Waals surface area contributed by atoms with Gasteiger partial charge in [0, 0.05) is 54.1 Å². The zero-order chi connectivity index (χ0) is 27.8. The van der Waals surface area contributed by atoms with Crippen LogP contribution < -0.4 is 16.0 Å². The molecule has 2 amide bonds. The van der Waals surface area contributed by atoms with Crippen LogP contribution in [-0.4, -0.2) is 57.0 Å². The number of halogens is 1. The maximum absolute atomic E-state index is 14.0. The molecule has 4 aromatic rings. The summed E-state index contributed by atoms with van der Waals surface area (Å²) in [6, 6.07) is 15.8. The second kappa shape index (κ2) is 10.9. The number of nitrogens with one attached hydrogen (secondary N) is 1. The molecule has 0 radical (unpaired) electrons. The van der Waals surface area contributed by atoms with Gasteiger partial charge in [0.1, 0.15) is 5.82 Å². The van der Waals surface area contributed by atoms with Crippen molar-refractivity contribution in [2.75, 3.05) is 29.9 Å². The molecule has 6 rings (SSSR count). The lowest BCUT2D eigenvalue weighted by atomic mass is 9.97. The van der Waals surface area contributed by atoms with Crippen LogP contribution in [0.2, 0.25) is 5.02 Å². The van der Waals surface area contributed by atoms with Crippen molar-refractivity contribution in [3.05, 3.63) is 88.2 Å². The zero-order valence-corrected chi connectivity index (χ0v) is 23.1. The molecule has 2 unspecified atom stereocenters. The molecule has 3 N–H and O–H groups in total. The Balaban J connectivity index is 1.30. The quantitative estimate of drug-likeness (QED) is 0.363.